The first kappa shape index (κ1) is 13.8. The monoisotopic (exact) mass is 233 g/mol. The van der Waals surface area contributed by atoms with Crippen LogP contribution in [0, 0.1) is 5.92 Å². The van der Waals surface area contributed by atoms with E-state index in [1.165, 1.54) is 5.56 Å². The molecule has 2 nitrogen and oxygen atoms in total. The summed E-state index contributed by atoms with van der Waals surface area (Å²) in [5, 5.41) is 0. The van der Waals surface area contributed by atoms with E-state index in [9.17, 15) is 4.79 Å². The Kier molecular flexibility index (Phi) is 5.20. The lowest BCUT2D eigenvalue weighted by molar-refractivity contribution is -0.137. The van der Waals surface area contributed by atoms with Gasteiger partial charge in [0.2, 0.25) is 5.91 Å². The molecule has 0 fully saturated rings. The van der Waals surface area contributed by atoms with Crippen molar-refractivity contribution in [1.82, 2.24) is 4.90 Å². The number of amides is 1. The summed E-state index contributed by atoms with van der Waals surface area (Å²) in [4.78, 5) is 14.2. The minimum atomic E-state index is 0.112. The number of carbonyl (C=O) groups excluding carboxylic acids is 1. The highest BCUT2D eigenvalue weighted by atomic mass is 16.2. The fourth-order valence-electron chi connectivity index (χ4n) is 1.75. The smallest absolute Gasteiger partial charge is 0.225 e. The molecule has 1 atom stereocenters. The molecular weight excluding hydrogens is 210 g/mol. The van der Waals surface area contributed by atoms with Crippen LogP contribution in [0.5, 0.6) is 0 Å². The maximum absolute atomic E-state index is 12.2. The minimum absolute atomic E-state index is 0.112. The molecule has 17 heavy (non-hydrogen) atoms. The van der Waals surface area contributed by atoms with Gasteiger partial charge in [-0.2, -0.15) is 0 Å². The van der Waals surface area contributed by atoms with Gasteiger partial charge in [0.1, 0.15) is 0 Å². The van der Waals surface area contributed by atoms with E-state index >= 15 is 0 Å². The van der Waals surface area contributed by atoms with Crippen LogP contribution in [0.2, 0.25) is 0 Å². The second kappa shape index (κ2) is 6.43. The average Bonchev–Trinajstić information content (AvgIpc) is 2.35. The molecule has 2 heteroatoms. The molecule has 0 saturated carbocycles. The number of rotatable bonds is 5. The lowest BCUT2D eigenvalue weighted by Crippen LogP contribution is -2.39. The highest BCUT2D eigenvalue weighted by Gasteiger charge is 2.21. The van der Waals surface area contributed by atoms with Crippen molar-refractivity contribution in [3.63, 3.8) is 0 Å². The molecule has 0 bridgehead atoms. The summed E-state index contributed by atoms with van der Waals surface area (Å²) in [5.41, 5.74) is 1.19. The summed E-state index contributed by atoms with van der Waals surface area (Å²) in [7, 11) is 0. The van der Waals surface area contributed by atoms with Crippen molar-refractivity contribution in [1.29, 1.82) is 0 Å². The molecular formula is C15H23NO. The van der Waals surface area contributed by atoms with Crippen molar-refractivity contribution in [3.05, 3.63) is 35.9 Å². The van der Waals surface area contributed by atoms with Crippen LogP contribution in [-0.2, 0) is 11.3 Å². The van der Waals surface area contributed by atoms with Gasteiger partial charge in [-0.15, -0.1) is 0 Å². The third-order valence-corrected chi connectivity index (χ3v) is 3.14. The third kappa shape index (κ3) is 3.88. The average molecular weight is 233 g/mol. The topological polar surface area (TPSA) is 20.3 Å². The summed E-state index contributed by atoms with van der Waals surface area (Å²) >= 11 is 0. The molecule has 94 valence electrons. The standard InChI is InChI=1S/C15H23NO/c1-5-13(4)15(17)16(12(2)3)11-14-9-7-6-8-10-14/h6-10,12-13H,5,11H2,1-4H3. The quantitative estimate of drug-likeness (QED) is 0.762. The van der Waals surface area contributed by atoms with E-state index in [1.54, 1.807) is 0 Å². The summed E-state index contributed by atoms with van der Waals surface area (Å²) in [5.74, 6) is 0.368. The van der Waals surface area contributed by atoms with Crippen molar-refractivity contribution in [3.8, 4) is 0 Å². The maximum atomic E-state index is 12.2. The van der Waals surface area contributed by atoms with E-state index in [0.29, 0.717) is 6.54 Å². The molecule has 0 N–H and O–H groups in total. The van der Waals surface area contributed by atoms with Crippen molar-refractivity contribution in [2.45, 2.75) is 46.7 Å². The largest absolute Gasteiger partial charge is 0.336 e. The highest BCUT2D eigenvalue weighted by Crippen LogP contribution is 2.14. The van der Waals surface area contributed by atoms with Crippen LogP contribution in [0.15, 0.2) is 30.3 Å². The van der Waals surface area contributed by atoms with Gasteiger partial charge in [-0.25, -0.2) is 0 Å². The first-order valence-electron chi connectivity index (χ1n) is 6.40. The van der Waals surface area contributed by atoms with Crippen LogP contribution in [0.4, 0.5) is 0 Å². The highest BCUT2D eigenvalue weighted by molar-refractivity contribution is 5.78. The Hall–Kier alpha value is -1.31. The molecule has 0 aromatic heterocycles. The van der Waals surface area contributed by atoms with Gasteiger partial charge < -0.3 is 4.90 Å². The SMILES string of the molecule is CCC(C)C(=O)N(Cc1ccccc1)C(C)C. The maximum Gasteiger partial charge on any atom is 0.225 e. The lowest BCUT2D eigenvalue weighted by atomic mass is 10.1. The van der Waals surface area contributed by atoms with E-state index in [-0.39, 0.29) is 17.9 Å². The second-order valence-corrected chi connectivity index (χ2v) is 4.85. The molecule has 0 aliphatic rings. The fraction of sp³-hybridized carbons (Fsp3) is 0.533. The van der Waals surface area contributed by atoms with Crippen molar-refractivity contribution >= 4 is 5.91 Å². The first-order valence-corrected chi connectivity index (χ1v) is 6.40. The molecule has 0 spiro atoms. The molecule has 1 unspecified atom stereocenters. The predicted molar refractivity (Wildman–Crippen MR) is 71.6 cm³/mol. The third-order valence-electron chi connectivity index (χ3n) is 3.14. The summed E-state index contributed by atoms with van der Waals surface area (Å²) < 4.78 is 0. The summed E-state index contributed by atoms with van der Waals surface area (Å²) in [6.07, 6.45) is 0.900. The zero-order chi connectivity index (χ0) is 12.8. The van der Waals surface area contributed by atoms with Crippen molar-refractivity contribution in [2.24, 2.45) is 5.92 Å². The van der Waals surface area contributed by atoms with Gasteiger partial charge in [-0.05, 0) is 25.8 Å². The van der Waals surface area contributed by atoms with Crippen molar-refractivity contribution in [2.75, 3.05) is 0 Å². The molecule has 0 aliphatic heterocycles. The zero-order valence-electron chi connectivity index (χ0n) is 11.3. The number of hydrogen-bond donors (Lipinski definition) is 0. The van der Waals surface area contributed by atoms with E-state index in [4.69, 9.17) is 0 Å². The molecule has 1 rings (SSSR count). The van der Waals surface area contributed by atoms with Crippen LogP contribution in [0.25, 0.3) is 0 Å². The summed E-state index contributed by atoms with van der Waals surface area (Å²) in [6, 6.07) is 10.4. The molecule has 1 amide bonds. The van der Waals surface area contributed by atoms with E-state index < -0.39 is 0 Å². The van der Waals surface area contributed by atoms with Gasteiger partial charge in [-0.1, -0.05) is 44.2 Å². The number of carbonyl (C=O) groups is 1. The molecule has 1 aromatic rings. The molecule has 0 saturated heterocycles. The van der Waals surface area contributed by atoms with Gasteiger partial charge >= 0.3 is 0 Å². The Balaban J connectivity index is 2.77. The van der Waals surface area contributed by atoms with E-state index in [0.717, 1.165) is 6.42 Å². The number of hydrogen-bond acceptors (Lipinski definition) is 1. The number of benzene rings is 1. The lowest BCUT2D eigenvalue weighted by Gasteiger charge is -2.29. The van der Waals surface area contributed by atoms with Gasteiger partial charge in [0.25, 0.3) is 0 Å². The molecule has 0 radical (unpaired) electrons. The Morgan fingerprint density at radius 1 is 1.18 bits per heavy atom. The van der Waals surface area contributed by atoms with Crippen molar-refractivity contribution < 1.29 is 4.79 Å². The Morgan fingerprint density at radius 3 is 2.24 bits per heavy atom. The van der Waals surface area contributed by atoms with Gasteiger partial charge in [-0.3, -0.25) is 4.79 Å². The van der Waals surface area contributed by atoms with Crippen LogP contribution < -0.4 is 0 Å². The molecule has 0 aliphatic carbocycles. The molecule has 1 aromatic carbocycles. The number of nitrogens with zero attached hydrogens (tertiary/aromatic N) is 1. The Bertz CT molecular complexity index is 345. The zero-order valence-corrected chi connectivity index (χ0v) is 11.3. The second-order valence-electron chi connectivity index (χ2n) is 4.85. The Labute approximate surface area is 105 Å². The van der Waals surface area contributed by atoms with Crippen LogP contribution in [-0.4, -0.2) is 16.8 Å². The van der Waals surface area contributed by atoms with Crippen LogP contribution in [0.3, 0.4) is 0 Å². The first-order chi connectivity index (χ1) is 8.06. The Morgan fingerprint density at radius 2 is 1.76 bits per heavy atom. The minimum Gasteiger partial charge on any atom is -0.336 e. The van der Waals surface area contributed by atoms with Crippen LogP contribution in [0.1, 0.15) is 39.7 Å². The molecule has 0 heterocycles. The normalized spacial score (nSPS) is 12.5. The fourth-order valence-corrected chi connectivity index (χ4v) is 1.75. The van der Waals surface area contributed by atoms with Crippen LogP contribution >= 0.6 is 0 Å². The van der Waals surface area contributed by atoms with E-state index in [1.807, 2.05) is 30.0 Å². The van der Waals surface area contributed by atoms with Gasteiger partial charge in [0, 0.05) is 18.5 Å². The summed E-state index contributed by atoms with van der Waals surface area (Å²) in [6.45, 7) is 8.92. The van der Waals surface area contributed by atoms with Gasteiger partial charge in [0.15, 0.2) is 0 Å². The predicted octanol–water partition coefficient (Wildman–Crippen LogP) is 3.47. The van der Waals surface area contributed by atoms with E-state index in [2.05, 4.69) is 32.9 Å². The van der Waals surface area contributed by atoms with Gasteiger partial charge in [0.05, 0.1) is 0 Å².